The highest BCUT2D eigenvalue weighted by atomic mass is 35.5. The summed E-state index contributed by atoms with van der Waals surface area (Å²) in [6, 6.07) is 6.96. The number of nitrogens with zero attached hydrogens (tertiary/aromatic N) is 4. The summed E-state index contributed by atoms with van der Waals surface area (Å²) < 4.78 is 5.50. The number of aromatic nitrogens is 3. The molecule has 0 atom stereocenters. The lowest BCUT2D eigenvalue weighted by Gasteiger charge is -2.27. The minimum Gasteiger partial charge on any atom is -0.421 e. The highest BCUT2D eigenvalue weighted by Crippen LogP contribution is 2.30. The SMILES string of the molecule is Cc1ccc(NC(=O)N2CC=C(c3ncc(-c4nnc(CCO)o4)cc3Cl)CC2)cc1Cl. The molecule has 0 aliphatic carbocycles. The van der Waals surface area contributed by atoms with Gasteiger partial charge in [0.15, 0.2) is 0 Å². The number of urea groups is 1. The van der Waals surface area contributed by atoms with E-state index in [1.807, 2.05) is 25.1 Å². The van der Waals surface area contributed by atoms with E-state index in [-0.39, 0.29) is 12.6 Å². The Morgan fingerprint density at radius 1 is 1.25 bits per heavy atom. The van der Waals surface area contributed by atoms with Gasteiger partial charge in [0.05, 0.1) is 22.9 Å². The number of benzene rings is 1. The molecule has 0 radical (unpaired) electrons. The first-order valence-electron chi connectivity index (χ1n) is 10.0. The molecule has 8 nitrogen and oxygen atoms in total. The van der Waals surface area contributed by atoms with Crippen LogP contribution in [0.1, 0.15) is 23.6 Å². The van der Waals surface area contributed by atoms with Gasteiger partial charge in [-0.1, -0.05) is 35.3 Å². The van der Waals surface area contributed by atoms with E-state index in [0.29, 0.717) is 64.7 Å². The van der Waals surface area contributed by atoms with Crippen molar-refractivity contribution in [1.29, 1.82) is 0 Å². The number of halogens is 2. The molecule has 3 heterocycles. The molecule has 0 bridgehead atoms. The highest BCUT2D eigenvalue weighted by molar-refractivity contribution is 6.32. The summed E-state index contributed by atoms with van der Waals surface area (Å²) in [5, 5.41) is 20.8. The van der Waals surface area contributed by atoms with E-state index in [0.717, 1.165) is 11.1 Å². The Balaban J connectivity index is 1.42. The van der Waals surface area contributed by atoms with Crippen LogP contribution >= 0.6 is 23.2 Å². The Bertz CT molecular complexity index is 1180. The van der Waals surface area contributed by atoms with Crippen molar-refractivity contribution in [2.75, 3.05) is 25.0 Å². The second-order valence-corrected chi connectivity index (χ2v) is 8.16. The van der Waals surface area contributed by atoms with E-state index in [9.17, 15) is 4.79 Å². The number of hydrogen-bond acceptors (Lipinski definition) is 6. The fourth-order valence-corrected chi connectivity index (χ4v) is 3.77. The van der Waals surface area contributed by atoms with Gasteiger partial charge in [-0.25, -0.2) is 4.79 Å². The van der Waals surface area contributed by atoms with Gasteiger partial charge in [-0.2, -0.15) is 0 Å². The van der Waals surface area contributed by atoms with E-state index < -0.39 is 0 Å². The first kappa shape index (κ1) is 22.3. The number of hydrogen-bond donors (Lipinski definition) is 2. The molecule has 2 N–H and O–H groups in total. The number of nitrogens with one attached hydrogen (secondary N) is 1. The number of pyridine rings is 1. The minimum absolute atomic E-state index is 0.0679. The van der Waals surface area contributed by atoms with Gasteiger partial charge in [0, 0.05) is 36.4 Å². The maximum Gasteiger partial charge on any atom is 0.322 e. The van der Waals surface area contributed by atoms with Gasteiger partial charge >= 0.3 is 6.03 Å². The molecule has 1 aliphatic heterocycles. The second kappa shape index (κ2) is 9.68. The van der Waals surface area contributed by atoms with Crippen LogP contribution in [-0.2, 0) is 6.42 Å². The molecular formula is C22H21Cl2N5O3. The zero-order valence-electron chi connectivity index (χ0n) is 17.3. The van der Waals surface area contributed by atoms with Gasteiger partial charge in [0.1, 0.15) is 0 Å². The monoisotopic (exact) mass is 473 g/mol. The normalized spacial score (nSPS) is 13.8. The predicted molar refractivity (Wildman–Crippen MR) is 123 cm³/mol. The Hall–Kier alpha value is -2.94. The molecular weight excluding hydrogens is 453 g/mol. The lowest BCUT2D eigenvalue weighted by molar-refractivity contribution is 0.217. The summed E-state index contributed by atoms with van der Waals surface area (Å²) in [5.74, 6) is 0.648. The summed E-state index contributed by atoms with van der Waals surface area (Å²) in [5.41, 5.74) is 3.84. The van der Waals surface area contributed by atoms with Crippen LogP contribution in [0, 0.1) is 6.92 Å². The molecule has 1 aliphatic rings. The van der Waals surface area contributed by atoms with Crippen LogP contribution in [0.3, 0.4) is 0 Å². The van der Waals surface area contributed by atoms with Crippen LogP contribution in [0.2, 0.25) is 10.0 Å². The first-order valence-corrected chi connectivity index (χ1v) is 10.8. The Morgan fingerprint density at radius 2 is 2.09 bits per heavy atom. The molecule has 10 heteroatoms. The maximum atomic E-state index is 12.6. The number of amides is 2. The second-order valence-electron chi connectivity index (χ2n) is 7.35. The van der Waals surface area contributed by atoms with Gasteiger partial charge in [-0.15, -0.1) is 10.2 Å². The van der Waals surface area contributed by atoms with E-state index in [1.165, 1.54) is 0 Å². The largest absolute Gasteiger partial charge is 0.421 e. The molecule has 166 valence electrons. The van der Waals surface area contributed by atoms with E-state index in [2.05, 4.69) is 20.5 Å². The minimum atomic E-state index is -0.190. The van der Waals surface area contributed by atoms with Crippen LogP contribution in [0.4, 0.5) is 10.5 Å². The van der Waals surface area contributed by atoms with Gasteiger partial charge in [-0.3, -0.25) is 4.98 Å². The molecule has 2 aromatic heterocycles. The summed E-state index contributed by atoms with van der Waals surface area (Å²) >= 11 is 12.6. The molecule has 0 saturated carbocycles. The number of aryl methyl sites for hydroxylation is 1. The van der Waals surface area contributed by atoms with Crippen molar-refractivity contribution in [2.24, 2.45) is 0 Å². The van der Waals surface area contributed by atoms with Crippen molar-refractivity contribution in [3.8, 4) is 11.5 Å². The third-order valence-electron chi connectivity index (χ3n) is 5.10. The van der Waals surface area contributed by atoms with Crippen LogP contribution in [0.5, 0.6) is 0 Å². The van der Waals surface area contributed by atoms with E-state index in [1.54, 1.807) is 23.2 Å². The molecule has 32 heavy (non-hydrogen) atoms. The molecule has 3 aromatic rings. The molecule has 0 unspecified atom stereocenters. The Labute approximate surface area is 194 Å². The average molecular weight is 474 g/mol. The molecule has 0 fully saturated rings. The molecule has 1 aromatic carbocycles. The van der Waals surface area contributed by atoms with Crippen molar-refractivity contribution < 1.29 is 14.3 Å². The van der Waals surface area contributed by atoms with E-state index >= 15 is 0 Å². The zero-order chi connectivity index (χ0) is 22.7. The fourth-order valence-electron chi connectivity index (χ4n) is 3.30. The molecule has 4 rings (SSSR count). The topological polar surface area (TPSA) is 104 Å². The van der Waals surface area contributed by atoms with Crippen molar-refractivity contribution in [2.45, 2.75) is 19.8 Å². The van der Waals surface area contributed by atoms with Crippen LogP contribution in [0.25, 0.3) is 17.0 Å². The summed E-state index contributed by atoms with van der Waals surface area (Å²) in [4.78, 5) is 18.8. The van der Waals surface area contributed by atoms with Crippen molar-refractivity contribution >= 4 is 40.5 Å². The Kier molecular flexibility index (Phi) is 6.74. The number of carbonyl (C=O) groups is 1. The number of rotatable bonds is 5. The third-order valence-corrected chi connectivity index (χ3v) is 5.80. The fraction of sp³-hybridized carbons (Fsp3) is 0.273. The first-order chi connectivity index (χ1) is 15.4. The number of carbonyl (C=O) groups excluding carboxylic acids is 1. The standard InChI is InChI=1S/C22H21Cl2N5O3/c1-13-2-3-16(11-17(13)23)26-22(31)29-7-4-14(5-8-29)20-18(24)10-15(12-25-20)21-28-27-19(32-21)6-9-30/h2-4,10-12,30H,5-9H2,1H3,(H,26,31). The summed E-state index contributed by atoms with van der Waals surface area (Å²) in [7, 11) is 0. The Morgan fingerprint density at radius 3 is 2.78 bits per heavy atom. The van der Waals surface area contributed by atoms with Crippen molar-refractivity contribution in [3.05, 3.63) is 63.7 Å². The summed E-state index contributed by atoms with van der Waals surface area (Å²) in [6.45, 7) is 2.81. The van der Waals surface area contributed by atoms with Gasteiger partial charge in [0.25, 0.3) is 0 Å². The third kappa shape index (κ3) is 4.93. The lowest BCUT2D eigenvalue weighted by Crippen LogP contribution is -2.38. The van der Waals surface area contributed by atoms with Crippen molar-refractivity contribution in [1.82, 2.24) is 20.1 Å². The predicted octanol–water partition coefficient (Wildman–Crippen LogP) is 4.60. The molecule has 2 amide bonds. The average Bonchev–Trinajstić information content (AvgIpc) is 3.25. The van der Waals surface area contributed by atoms with Gasteiger partial charge in [0.2, 0.25) is 11.8 Å². The smallest absolute Gasteiger partial charge is 0.322 e. The van der Waals surface area contributed by atoms with Crippen LogP contribution in [0.15, 0.2) is 41.0 Å². The lowest BCUT2D eigenvalue weighted by atomic mass is 10.0. The highest BCUT2D eigenvalue weighted by Gasteiger charge is 2.21. The number of anilines is 1. The molecule has 0 saturated heterocycles. The quantitative estimate of drug-likeness (QED) is 0.560. The van der Waals surface area contributed by atoms with Gasteiger partial charge in [-0.05, 0) is 42.7 Å². The zero-order valence-corrected chi connectivity index (χ0v) is 18.8. The van der Waals surface area contributed by atoms with Gasteiger partial charge < -0.3 is 19.7 Å². The van der Waals surface area contributed by atoms with Crippen LogP contribution < -0.4 is 5.32 Å². The maximum absolute atomic E-state index is 12.6. The number of aliphatic hydroxyl groups excluding tert-OH is 1. The number of aliphatic hydroxyl groups is 1. The van der Waals surface area contributed by atoms with Crippen LogP contribution in [-0.4, -0.2) is 50.9 Å². The summed E-state index contributed by atoms with van der Waals surface area (Å²) in [6.07, 6.45) is 4.49. The van der Waals surface area contributed by atoms with E-state index in [4.69, 9.17) is 32.7 Å². The molecule has 0 spiro atoms. The van der Waals surface area contributed by atoms with Crippen molar-refractivity contribution in [3.63, 3.8) is 0 Å².